The van der Waals surface area contributed by atoms with Gasteiger partial charge in [-0.15, -0.1) is 0 Å². The summed E-state index contributed by atoms with van der Waals surface area (Å²) >= 11 is 3.42. The molecule has 1 aliphatic heterocycles. The van der Waals surface area contributed by atoms with Gasteiger partial charge in [0.25, 0.3) is 6.01 Å². The van der Waals surface area contributed by atoms with Gasteiger partial charge in [0.15, 0.2) is 5.58 Å². The number of anilines is 1. The third kappa shape index (κ3) is 3.78. The summed E-state index contributed by atoms with van der Waals surface area (Å²) in [6, 6.07) is 6.04. The maximum absolute atomic E-state index is 12.3. The van der Waals surface area contributed by atoms with Crippen LogP contribution >= 0.6 is 15.9 Å². The van der Waals surface area contributed by atoms with E-state index in [1.54, 1.807) is 17.0 Å². The minimum absolute atomic E-state index is 0.0264. The van der Waals surface area contributed by atoms with Crippen molar-refractivity contribution in [2.45, 2.75) is 39.3 Å². The third-order valence-electron chi connectivity index (χ3n) is 4.09. The van der Waals surface area contributed by atoms with Crippen LogP contribution in [0.25, 0.3) is 11.1 Å². The molecule has 1 saturated heterocycles. The van der Waals surface area contributed by atoms with Gasteiger partial charge in [-0.25, -0.2) is 4.79 Å². The van der Waals surface area contributed by atoms with Crippen LogP contribution in [-0.2, 0) is 4.74 Å². The number of aromatic nitrogens is 1. The van der Waals surface area contributed by atoms with Crippen LogP contribution in [0.1, 0.15) is 33.3 Å². The van der Waals surface area contributed by atoms with Crippen LogP contribution in [0.2, 0.25) is 0 Å². The van der Waals surface area contributed by atoms with Crippen LogP contribution in [0.4, 0.5) is 10.8 Å². The van der Waals surface area contributed by atoms with Crippen molar-refractivity contribution in [1.29, 1.82) is 5.26 Å². The molecule has 1 aliphatic rings. The number of carbonyl (C=O) groups excluding carboxylic acids is 1. The second-order valence-electron chi connectivity index (χ2n) is 7.38. The summed E-state index contributed by atoms with van der Waals surface area (Å²) in [6.07, 6.45) is -0.303. The first-order chi connectivity index (χ1) is 12.2. The smallest absolute Gasteiger partial charge is 0.410 e. The van der Waals surface area contributed by atoms with Crippen LogP contribution in [0.5, 0.6) is 0 Å². The Kier molecular flexibility index (Phi) is 4.84. The SMILES string of the molecule is C[C@H]1CN(C(=O)OC(C)(C)C)CCN1c1nc2cc(C#N)cc(Br)c2o1. The molecule has 1 atom stereocenters. The molecule has 7 nitrogen and oxygen atoms in total. The minimum atomic E-state index is -0.511. The minimum Gasteiger partial charge on any atom is -0.444 e. The van der Waals surface area contributed by atoms with E-state index < -0.39 is 5.60 Å². The molecule has 0 radical (unpaired) electrons. The number of nitriles is 1. The Balaban J connectivity index is 1.78. The molecule has 2 aromatic rings. The molecule has 26 heavy (non-hydrogen) atoms. The third-order valence-corrected chi connectivity index (χ3v) is 4.68. The Bertz CT molecular complexity index is 881. The van der Waals surface area contributed by atoms with Gasteiger partial charge >= 0.3 is 6.09 Å². The topological polar surface area (TPSA) is 82.6 Å². The zero-order chi connectivity index (χ0) is 19.1. The molecule has 2 heterocycles. The van der Waals surface area contributed by atoms with Gasteiger partial charge < -0.3 is 19.0 Å². The summed E-state index contributed by atoms with van der Waals surface area (Å²) in [6.45, 7) is 9.24. The van der Waals surface area contributed by atoms with E-state index in [1.165, 1.54) is 0 Å². The zero-order valence-corrected chi connectivity index (χ0v) is 16.8. The van der Waals surface area contributed by atoms with Crippen molar-refractivity contribution in [1.82, 2.24) is 9.88 Å². The molecule has 8 heteroatoms. The summed E-state index contributed by atoms with van der Waals surface area (Å²) in [5, 5.41) is 9.09. The Hall–Kier alpha value is -2.27. The van der Waals surface area contributed by atoms with Gasteiger partial charge in [-0.1, -0.05) is 0 Å². The van der Waals surface area contributed by atoms with Crippen LogP contribution in [0.3, 0.4) is 0 Å². The van der Waals surface area contributed by atoms with Crippen molar-refractivity contribution in [3.63, 3.8) is 0 Å². The fourth-order valence-corrected chi connectivity index (χ4v) is 3.43. The summed E-state index contributed by atoms with van der Waals surface area (Å²) in [4.78, 5) is 20.5. The molecule has 1 fully saturated rings. The first kappa shape index (κ1) is 18.5. The van der Waals surface area contributed by atoms with Crippen LogP contribution < -0.4 is 4.90 Å². The molecule has 0 N–H and O–H groups in total. The van der Waals surface area contributed by atoms with E-state index in [9.17, 15) is 4.79 Å². The number of carbonyl (C=O) groups is 1. The van der Waals surface area contributed by atoms with Gasteiger partial charge in [0, 0.05) is 25.7 Å². The van der Waals surface area contributed by atoms with E-state index in [2.05, 4.69) is 27.0 Å². The molecule has 0 spiro atoms. The van der Waals surface area contributed by atoms with E-state index in [0.717, 1.165) is 0 Å². The molecular weight excluding hydrogens is 400 g/mol. The fraction of sp³-hybridized carbons (Fsp3) is 0.500. The fourth-order valence-electron chi connectivity index (χ4n) is 2.90. The van der Waals surface area contributed by atoms with Gasteiger partial charge in [0.1, 0.15) is 11.1 Å². The first-order valence-corrected chi connectivity index (χ1v) is 9.22. The summed E-state index contributed by atoms with van der Waals surface area (Å²) in [5.74, 6) is 0. The number of amides is 1. The van der Waals surface area contributed by atoms with E-state index in [-0.39, 0.29) is 12.1 Å². The number of rotatable bonds is 1. The Morgan fingerprint density at radius 1 is 1.42 bits per heavy atom. The lowest BCUT2D eigenvalue weighted by molar-refractivity contribution is 0.0216. The molecule has 1 amide bonds. The largest absolute Gasteiger partial charge is 0.444 e. The number of ether oxygens (including phenoxy) is 1. The lowest BCUT2D eigenvalue weighted by Crippen LogP contribution is -2.54. The van der Waals surface area contributed by atoms with E-state index in [4.69, 9.17) is 14.4 Å². The summed E-state index contributed by atoms with van der Waals surface area (Å²) < 4.78 is 12.1. The van der Waals surface area contributed by atoms with Crippen molar-refractivity contribution in [2.75, 3.05) is 24.5 Å². The van der Waals surface area contributed by atoms with Gasteiger partial charge in [-0.2, -0.15) is 10.2 Å². The predicted octanol–water partition coefficient (Wildman–Crippen LogP) is 3.91. The van der Waals surface area contributed by atoms with Gasteiger partial charge in [0.05, 0.1) is 16.1 Å². The molecule has 3 rings (SSSR count). The highest BCUT2D eigenvalue weighted by Crippen LogP contribution is 2.31. The molecular formula is C18H21BrN4O3. The van der Waals surface area contributed by atoms with Crippen molar-refractivity contribution < 1.29 is 13.9 Å². The normalized spacial score (nSPS) is 18.1. The lowest BCUT2D eigenvalue weighted by atomic mass is 10.2. The maximum atomic E-state index is 12.3. The quantitative estimate of drug-likeness (QED) is 0.695. The lowest BCUT2D eigenvalue weighted by Gasteiger charge is -2.39. The molecule has 0 saturated carbocycles. The number of halogens is 1. The number of nitrogens with zero attached hydrogens (tertiary/aromatic N) is 4. The van der Waals surface area contributed by atoms with Crippen molar-refractivity contribution in [2.24, 2.45) is 0 Å². The average Bonchev–Trinajstić information content (AvgIpc) is 2.97. The van der Waals surface area contributed by atoms with Gasteiger partial charge in [0.2, 0.25) is 0 Å². The van der Waals surface area contributed by atoms with Crippen molar-refractivity contribution >= 4 is 39.1 Å². The predicted molar refractivity (Wildman–Crippen MR) is 101 cm³/mol. The molecule has 0 aliphatic carbocycles. The number of oxazole rings is 1. The number of hydrogen-bond acceptors (Lipinski definition) is 6. The number of fused-ring (bicyclic) bond motifs is 1. The van der Waals surface area contributed by atoms with Crippen LogP contribution in [0, 0.1) is 11.3 Å². The van der Waals surface area contributed by atoms with Crippen LogP contribution in [0.15, 0.2) is 21.0 Å². The molecule has 0 bridgehead atoms. The van der Waals surface area contributed by atoms with Gasteiger partial charge in [-0.05, 0) is 55.8 Å². The summed E-state index contributed by atoms with van der Waals surface area (Å²) in [5.41, 5.74) is 1.25. The zero-order valence-electron chi connectivity index (χ0n) is 15.2. The second-order valence-corrected chi connectivity index (χ2v) is 8.24. The molecule has 0 unspecified atom stereocenters. The molecule has 1 aromatic heterocycles. The van der Waals surface area contributed by atoms with E-state index in [1.807, 2.05) is 32.6 Å². The first-order valence-electron chi connectivity index (χ1n) is 8.42. The highest BCUT2D eigenvalue weighted by atomic mass is 79.9. The molecule has 1 aromatic carbocycles. The number of piperazine rings is 1. The highest BCUT2D eigenvalue weighted by Gasteiger charge is 2.32. The second kappa shape index (κ2) is 6.80. The van der Waals surface area contributed by atoms with Gasteiger partial charge in [-0.3, -0.25) is 0 Å². The van der Waals surface area contributed by atoms with Crippen molar-refractivity contribution in [3.05, 3.63) is 22.2 Å². The standard InChI is InChI=1S/C18H21BrN4O3/c1-11-10-22(17(24)26-18(2,3)4)5-6-23(11)16-21-14-8-12(9-20)7-13(19)15(14)25-16/h7-8,11H,5-6,10H2,1-4H3/t11-/m0/s1. The Morgan fingerprint density at radius 3 is 2.77 bits per heavy atom. The number of benzene rings is 1. The monoisotopic (exact) mass is 420 g/mol. The van der Waals surface area contributed by atoms with E-state index in [0.29, 0.717) is 46.8 Å². The maximum Gasteiger partial charge on any atom is 0.410 e. The average molecular weight is 421 g/mol. The Morgan fingerprint density at radius 2 is 2.15 bits per heavy atom. The number of hydrogen-bond donors (Lipinski definition) is 0. The van der Waals surface area contributed by atoms with Crippen molar-refractivity contribution in [3.8, 4) is 6.07 Å². The van der Waals surface area contributed by atoms with E-state index >= 15 is 0 Å². The summed E-state index contributed by atoms with van der Waals surface area (Å²) in [7, 11) is 0. The highest BCUT2D eigenvalue weighted by molar-refractivity contribution is 9.10. The molecule has 138 valence electrons. The Labute approximate surface area is 160 Å². The van der Waals surface area contributed by atoms with Crippen LogP contribution in [-0.4, -0.2) is 47.3 Å².